The largest absolute Gasteiger partial charge is 0.352 e. The maximum atomic E-state index is 10.6. The van der Waals surface area contributed by atoms with Crippen molar-refractivity contribution in [1.82, 2.24) is 5.32 Å². The van der Waals surface area contributed by atoms with Gasteiger partial charge in [-0.15, -0.1) is 4.36 Å². The van der Waals surface area contributed by atoms with E-state index in [1.807, 2.05) is 30.3 Å². The molecule has 0 fully saturated rings. The summed E-state index contributed by atoms with van der Waals surface area (Å²) in [5.74, 6) is 0. The van der Waals surface area contributed by atoms with E-state index in [1.165, 1.54) is 0 Å². The number of nitrogens with one attached hydrogen (secondary N) is 1. The monoisotopic (exact) mass is 180 g/mol. The van der Waals surface area contributed by atoms with Gasteiger partial charge in [-0.2, -0.15) is 0 Å². The van der Waals surface area contributed by atoms with E-state index in [0.29, 0.717) is 6.54 Å². The van der Waals surface area contributed by atoms with Crippen molar-refractivity contribution in [2.45, 2.75) is 6.54 Å². The van der Waals surface area contributed by atoms with Crippen LogP contribution in [-0.4, -0.2) is 6.03 Å². The number of carbonyl (C=O) groups is 1. The molecule has 62 valence electrons. The summed E-state index contributed by atoms with van der Waals surface area (Å²) >= 11 is 4.20. The van der Waals surface area contributed by atoms with Gasteiger partial charge in [-0.3, -0.25) is 0 Å². The summed E-state index contributed by atoms with van der Waals surface area (Å²) in [6.45, 7) is 0.472. The van der Waals surface area contributed by atoms with Crippen LogP contribution in [0, 0.1) is 0 Å². The second-order valence-corrected chi connectivity index (χ2v) is 2.42. The lowest BCUT2D eigenvalue weighted by molar-refractivity contribution is 0.249. The minimum Gasteiger partial charge on any atom is -0.331 e. The fourth-order valence-corrected chi connectivity index (χ4v) is 0.870. The number of urea groups is 1. The Morgan fingerprint density at radius 3 is 2.67 bits per heavy atom. The SMILES string of the molecule is O=C(N=S)NCc1ccccc1. The van der Waals surface area contributed by atoms with E-state index in [9.17, 15) is 4.79 Å². The molecule has 1 aromatic rings. The van der Waals surface area contributed by atoms with E-state index < -0.39 is 6.03 Å². The number of hydrogen-bond donors (Lipinski definition) is 1. The van der Waals surface area contributed by atoms with Gasteiger partial charge < -0.3 is 5.32 Å². The highest BCUT2D eigenvalue weighted by Gasteiger charge is 1.95. The zero-order valence-electron chi connectivity index (χ0n) is 6.36. The Morgan fingerprint density at radius 1 is 1.42 bits per heavy atom. The summed E-state index contributed by atoms with van der Waals surface area (Å²) in [4.78, 5) is 10.6. The van der Waals surface area contributed by atoms with E-state index in [0.717, 1.165) is 5.56 Å². The number of rotatable bonds is 2. The van der Waals surface area contributed by atoms with Gasteiger partial charge in [-0.25, -0.2) is 4.79 Å². The molecular weight excluding hydrogens is 172 g/mol. The smallest absolute Gasteiger partial charge is 0.331 e. The van der Waals surface area contributed by atoms with Gasteiger partial charge in [0.1, 0.15) is 0 Å². The quantitative estimate of drug-likeness (QED) is 0.751. The van der Waals surface area contributed by atoms with Gasteiger partial charge in [0, 0.05) is 19.0 Å². The van der Waals surface area contributed by atoms with Crippen LogP contribution >= 0.6 is 0 Å². The molecule has 0 saturated carbocycles. The van der Waals surface area contributed by atoms with Crippen LogP contribution in [0.3, 0.4) is 0 Å². The molecule has 0 aliphatic carbocycles. The molecule has 1 rings (SSSR count). The fourth-order valence-electron chi connectivity index (χ4n) is 0.806. The number of amides is 2. The summed E-state index contributed by atoms with van der Waals surface area (Å²) in [5, 5.41) is 2.54. The number of benzene rings is 1. The highest BCUT2D eigenvalue weighted by Crippen LogP contribution is 1.96. The minimum absolute atomic E-state index is 0.464. The van der Waals surface area contributed by atoms with Crippen molar-refractivity contribution in [3.63, 3.8) is 0 Å². The third-order valence-electron chi connectivity index (χ3n) is 1.37. The van der Waals surface area contributed by atoms with Gasteiger partial charge in [0.15, 0.2) is 0 Å². The van der Waals surface area contributed by atoms with E-state index in [4.69, 9.17) is 0 Å². The molecule has 0 heterocycles. The molecule has 0 radical (unpaired) electrons. The average Bonchev–Trinajstić information content (AvgIpc) is 2.16. The summed E-state index contributed by atoms with van der Waals surface area (Å²) in [5.41, 5.74) is 1.03. The van der Waals surface area contributed by atoms with Crippen LogP contribution < -0.4 is 5.32 Å². The van der Waals surface area contributed by atoms with Gasteiger partial charge in [0.05, 0.1) is 0 Å². The van der Waals surface area contributed by atoms with Gasteiger partial charge in [0.2, 0.25) is 0 Å². The van der Waals surface area contributed by atoms with Crippen LogP contribution in [0.5, 0.6) is 0 Å². The fraction of sp³-hybridized carbons (Fsp3) is 0.125. The van der Waals surface area contributed by atoms with Gasteiger partial charge in [0.25, 0.3) is 0 Å². The zero-order chi connectivity index (χ0) is 8.81. The van der Waals surface area contributed by atoms with Gasteiger partial charge in [-0.05, 0) is 5.56 Å². The third kappa shape index (κ3) is 2.75. The van der Waals surface area contributed by atoms with Gasteiger partial charge >= 0.3 is 6.03 Å². The van der Waals surface area contributed by atoms with Crippen molar-refractivity contribution in [3.05, 3.63) is 35.9 Å². The van der Waals surface area contributed by atoms with Crippen molar-refractivity contribution in [3.8, 4) is 0 Å². The maximum absolute atomic E-state index is 10.6. The summed E-state index contributed by atoms with van der Waals surface area (Å²) in [6, 6.07) is 9.11. The Morgan fingerprint density at radius 2 is 2.08 bits per heavy atom. The topological polar surface area (TPSA) is 41.5 Å². The van der Waals surface area contributed by atoms with Crippen LogP contribution in [0.2, 0.25) is 0 Å². The maximum Gasteiger partial charge on any atom is 0.352 e. The van der Waals surface area contributed by atoms with Crippen LogP contribution in [0.1, 0.15) is 5.56 Å². The Labute approximate surface area is 76.0 Å². The number of hydrogen-bond acceptors (Lipinski definition) is 2. The van der Waals surface area contributed by atoms with Crippen LogP contribution in [0.25, 0.3) is 0 Å². The molecule has 0 spiro atoms. The summed E-state index contributed by atoms with van der Waals surface area (Å²) in [6.07, 6.45) is 0. The zero-order valence-corrected chi connectivity index (χ0v) is 7.17. The second kappa shape index (κ2) is 4.56. The van der Waals surface area contributed by atoms with Crippen LogP contribution in [0.15, 0.2) is 34.7 Å². The lowest BCUT2D eigenvalue weighted by atomic mass is 10.2. The molecule has 0 bridgehead atoms. The molecule has 0 unspecified atom stereocenters. The summed E-state index contributed by atoms with van der Waals surface area (Å²) in [7, 11) is 0. The average molecular weight is 180 g/mol. The molecule has 0 saturated heterocycles. The molecule has 1 N–H and O–H groups in total. The first kappa shape index (κ1) is 8.80. The first-order valence-electron chi connectivity index (χ1n) is 3.48. The normalized spacial score (nSPS) is 9.00. The summed E-state index contributed by atoms with van der Waals surface area (Å²) < 4.78 is 3.04. The molecule has 0 atom stereocenters. The molecule has 4 heteroatoms. The predicted molar refractivity (Wildman–Crippen MR) is 48.5 cm³/mol. The van der Waals surface area contributed by atoms with Crippen LogP contribution in [-0.2, 0) is 19.0 Å². The van der Waals surface area contributed by atoms with E-state index >= 15 is 0 Å². The second-order valence-electron chi connectivity index (χ2n) is 2.24. The predicted octanol–water partition coefficient (Wildman–Crippen LogP) is 1.63. The highest BCUT2D eigenvalue weighted by atomic mass is 32.1. The van der Waals surface area contributed by atoms with E-state index in [-0.39, 0.29) is 0 Å². The van der Waals surface area contributed by atoms with Gasteiger partial charge in [-0.1, -0.05) is 30.3 Å². The van der Waals surface area contributed by atoms with Crippen molar-refractivity contribution >= 4 is 18.5 Å². The molecule has 3 nitrogen and oxygen atoms in total. The molecule has 0 aliphatic heterocycles. The Balaban J connectivity index is 2.43. The Bertz CT molecular complexity index is 274. The third-order valence-corrected chi connectivity index (χ3v) is 1.54. The minimum atomic E-state index is -0.464. The van der Waals surface area contributed by atoms with Crippen molar-refractivity contribution < 1.29 is 4.79 Å². The molecule has 2 amide bonds. The standard InChI is InChI=1S/C8H8N2OS/c11-8(10-12)9-6-7-4-2-1-3-5-7/h1-5H,6H2,(H,9,11). The van der Waals surface area contributed by atoms with Crippen molar-refractivity contribution in [2.75, 3.05) is 0 Å². The first-order valence-corrected chi connectivity index (χ1v) is 3.84. The van der Waals surface area contributed by atoms with Crippen LogP contribution in [0.4, 0.5) is 4.79 Å². The Hall–Kier alpha value is -1.29. The van der Waals surface area contributed by atoms with Crippen molar-refractivity contribution in [1.29, 1.82) is 0 Å². The lowest BCUT2D eigenvalue weighted by Gasteiger charge is -1.99. The molecular formula is C8H8N2OS. The molecule has 1 aromatic carbocycles. The lowest BCUT2D eigenvalue weighted by Crippen LogP contribution is -2.18. The number of carbonyl (C=O) groups excluding carboxylic acids is 1. The first-order chi connectivity index (χ1) is 5.83. The molecule has 0 aromatic heterocycles. The highest BCUT2D eigenvalue weighted by molar-refractivity contribution is 7.47. The van der Waals surface area contributed by atoms with E-state index in [1.54, 1.807) is 0 Å². The molecule has 0 aliphatic rings. The number of nitrogens with zero attached hydrogens (tertiary/aromatic N) is 1. The van der Waals surface area contributed by atoms with Crippen molar-refractivity contribution in [2.24, 2.45) is 4.36 Å². The van der Waals surface area contributed by atoms with E-state index in [2.05, 4.69) is 22.1 Å². The Kier molecular flexibility index (Phi) is 3.35. The molecule has 12 heavy (non-hydrogen) atoms.